The van der Waals surface area contributed by atoms with Crippen molar-refractivity contribution >= 4 is 29.3 Å². The van der Waals surface area contributed by atoms with Gasteiger partial charge in [-0.15, -0.1) is 0 Å². The third kappa shape index (κ3) is 7.51. The van der Waals surface area contributed by atoms with Crippen molar-refractivity contribution < 1.29 is 19.1 Å². The molecule has 0 aliphatic carbocycles. The Morgan fingerprint density at radius 1 is 1.17 bits per heavy atom. The highest BCUT2D eigenvalue weighted by molar-refractivity contribution is 6.00. The van der Waals surface area contributed by atoms with Gasteiger partial charge in [0.05, 0.1) is 7.11 Å². The fourth-order valence-corrected chi connectivity index (χ4v) is 3.95. The van der Waals surface area contributed by atoms with Gasteiger partial charge in [0.25, 0.3) is 0 Å². The lowest BCUT2D eigenvalue weighted by molar-refractivity contribution is -0.123. The van der Waals surface area contributed by atoms with Gasteiger partial charge in [-0.1, -0.05) is 25.5 Å². The van der Waals surface area contributed by atoms with E-state index >= 15 is 0 Å². The minimum absolute atomic E-state index is 0.0859. The minimum Gasteiger partial charge on any atom is -0.493 e. The van der Waals surface area contributed by atoms with Crippen LogP contribution in [0.25, 0.3) is 6.08 Å². The van der Waals surface area contributed by atoms with Crippen LogP contribution in [0.15, 0.2) is 48.5 Å². The molecule has 1 heterocycles. The van der Waals surface area contributed by atoms with E-state index in [4.69, 9.17) is 14.7 Å². The maximum absolute atomic E-state index is 12.9. The summed E-state index contributed by atoms with van der Waals surface area (Å²) in [7, 11) is 1.50. The third-order valence-corrected chi connectivity index (χ3v) is 5.70. The van der Waals surface area contributed by atoms with Crippen LogP contribution in [0.2, 0.25) is 0 Å². The first-order valence-corrected chi connectivity index (χ1v) is 11.9. The van der Waals surface area contributed by atoms with Gasteiger partial charge in [0.2, 0.25) is 11.8 Å². The van der Waals surface area contributed by atoms with Gasteiger partial charge < -0.3 is 25.0 Å². The fraction of sp³-hybridized carbons (Fsp3) is 0.370. The Kier molecular flexibility index (Phi) is 9.55. The molecule has 1 saturated heterocycles. The van der Waals surface area contributed by atoms with E-state index in [1.54, 1.807) is 24.3 Å². The number of hydrogen-bond acceptors (Lipinski definition) is 6. The smallest absolute Gasteiger partial charge is 0.246 e. The zero-order chi connectivity index (χ0) is 25.0. The predicted molar refractivity (Wildman–Crippen MR) is 136 cm³/mol. The van der Waals surface area contributed by atoms with Crippen LogP contribution in [0.3, 0.4) is 0 Å². The summed E-state index contributed by atoms with van der Waals surface area (Å²) in [6, 6.07) is 14.2. The molecule has 0 saturated carbocycles. The highest BCUT2D eigenvalue weighted by atomic mass is 16.5. The van der Waals surface area contributed by atoms with Crippen molar-refractivity contribution in [3.8, 4) is 17.6 Å². The van der Waals surface area contributed by atoms with E-state index < -0.39 is 6.04 Å². The third-order valence-electron chi connectivity index (χ3n) is 5.70. The lowest BCUT2D eigenvalue weighted by atomic mass is 10.1. The van der Waals surface area contributed by atoms with Gasteiger partial charge in [-0.05, 0) is 61.2 Å². The summed E-state index contributed by atoms with van der Waals surface area (Å²) in [5, 5.41) is 14.4. The number of amides is 2. The zero-order valence-electron chi connectivity index (χ0n) is 20.3. The van der Waals surface area contributed by atoms with Crippen molar-refractivity contribution in [2.45, 2.75) is 38.6 Å². The number of anilines is 2. The molecule has 0 spiro atoms. The number of methoxy groups -OCH3 is 1. The number of ether oxygens (including phenoxy) is 2. The van der Waals surface area contributed by atoms with E-state index in [1.807, 2.05) is 37.3 Å². The molecular weight excluding hydrogens is 444 g/mol. The van der Waals surface area contributed by atoms with Crippen LogP contribution in [0.5, 0.6) is 11.5 Å². The van der Waals surface area contributed by atoms with Crippen molar-refractivity contribution in [3.63, 3.8) is 0 Å². The largest absolute Gasteiger partial charge is 0.493 e. The molecule has 0 radical (unpaired) electrons. The molecule has 0 aromatic heterocycles. The van der Waals surface area contributed by atoms with E-state index in [0.717, 1.165) is 36.4 Å². The Bertz CT molecular complexity index is 1090. The van der Waals surface area contributed by atoms with E-state index in [2.05, 4.69) is 15.5 Å². The van der Waals surface area contributed by atoms with Gasteiger partial charge in [-0.2, -0.15) is 5.26 Å². The molecule has 8 heteroatoms. The maximum Gasteiger partial charge on any atom is 0.246 e. The standard InChI is InChI=1S/C27H32N4O4/c1-3-7-23(27(33)29-21-8-6-9-22(19-21)31-15-4-5-16-31)30-26(32)13-11-20-10-12-24(35-17-14-28)25(18-20)34-2/h6,8-13,18-19,23H,3-5,7,15-17H2,1-2H3,(H,29,33)(H,30,32)/b13-11+. The summed E-state index contributed by atoms with van der Waals surface area (Å²) >= 11 is 0. The van der Waals surface area contributed by atoms with Crippen molar-refractivity contribution in [2.75, 3.05) is 37.0 Å². The van der Waals surface area contributed by atoms with Crippen molar-refractivity contribution in [2.24, 2.45) is 0 Å². The van der Waals surface area contributed by atoms with Gasteiger partial charge in [0, 0.05) is 30.5 Å². The van der Waals surface area contributed by atoms with Crippen LogP contribution in [0.1, 0.15) is 38.2 Å². The van der Waals surface area contributed by atoms with Gasteiger partial charge in [-0.3, -0.25) is 9.59 Å². The molecular formula is C27H32N4O4. The number of nitrogens with zero attached hydrogens (tertiary/aromatic N) is 2. The van der Waals surface area contributed by atoms with Gasteiger partial charge >= 0.3 is 0 Å². The van der Waals surface area contributed by atoms with E-state index in [-0.39, 0.29) is 18.4 Å². The molecule has 184 valence electrons. The number of hydrogen-bond donors (Lipinski definition) is 2. The molecule has 8 nitrogen and oxygen atoms in total. The zero-order valence-corrected chi connectivity index (χ0v) is 20.3. The number of benzene rings is 2. The van der Waals surface area contributed by atoms with Gasteiger partial charge in [0.1, 0.15) is 12.1 Å². The fourth-order valence-electron chi connectivity index (χ4n) is 3.95. The summed E-state index contributed by atoms with van der Waals surface area (Å²) in [5.74, 6) is 0.298. The average molecular weight is 477 g/mol. The lowest BCUT2D eigenvalue weighted by Gasteiger charge is -2.20. The van der Waals surface area contributed by atoms with Gasteiger partial charge in [0.15, 0.2) is 18.1 Å². The minimum atomic E-state index is -0.649. The Hall–Kier alpha value is -3.99. The number of nitrogens with one attached hydrogen (secondary N) is 2. The molecule has 1 atom stereocenters. The number of rotatable bonds is 11. The highest BCUT2D eigenvalue weighted by Gasteiger charge is 2.20. The molecule has 2 aromatic carbocycles. The van der Waals surface area contributed by atoms with Crippen LogP contribution in [-0.2, 0) is 9.59 Å². The number of nitriles is 1. The lowest BCUT2D eigenvalue weighted by Crippen LogP contribution is -2.43. The summed E-state index contributed by atoms with van der Waals surface area (Å²) in [4.78, 5) is 27.8. The molecule has 1 aliphatic rings. The van der Waals surface area contributed by atoms with Crippen molar-refractivity contribution in [1.29, 1.82) is 5.26 Å². The van der Waals surface area contributed by atoms with E-state index in [9.17, 15) is 9.59 Å². The topological polar surface area (TPSA) is 104 Å². The molecule has 3 rings (SSSR count). The Labute approximate surface area is 206 Å². The van der Waals surface area contributed by atoms with E-state index in [1.165, 1.54) is 26.0 Å². The predicted octanol–water partition coefficient (Wildman–Crippen LogP) is 4.13. The van der Waals surface area contributed by atoms with Crippen molar-refractivity contribution in [3.05, 3.63) is 54.1 Å². The average Bonchev–Trinajstić information content (AvgIpc) is 3.41. The van der Waals surface area contributed by atoms with Crippen LogP contribution >= 0.6 is 0 Å². The molecule has 0 bridgehead atoms. The Balaban J connectivity index is 1.62. The number of carbonyl (C=O) groups is 2. The quantitative estimate of drug-likeness (QED) is 0.473. The summed E-state index contributed by atoms with van der Waals surface area (Å²) in [6.45, 7) is 3.94. The van der Waals surface area contributed by atoms with Crippen LogP contribution in [0.4, 0.5) is 11.4 Å². The normalized spacial score (nSPS) is 13.8. The highest BCUT2D eigenvalue weighted by Crippen LogP contribution is 2.28. The molecule has 2 aromatic rings. The SMILES string of the molecule is CCCC(NC(=O)/C=C/c1ccc(OCC#N)c(OC)c1)C(=O)Nc1cccc(N2CCCC2)c1. The first-order chi connectivity index (χ1) is 17.0. The second-order valence-corrected chi connectivity index (χ2v) is 8.27. The second-order valence-electron chi connectivity index (χ2n) is 8.27. The second kappa shape index (κ2) is 13.0. The molecule has 1 fully saturated rings. The Morgan fingerprint density at radius 2 is 1.97 bits per heavy atom. The molecule has 35 heavy (non-hydrogen) atoms. The monoisotopic (exact) mass is 476 g/mol. The van der Waals surface area contributed by atoms with Crippen LogP contribution < -0.4 is 25.0 Å². The van der Waals surface area contributed by atoms with Crippen LogP contribution in [0, 0.1) is 11.3 Å². The summed E-state index contributed by atoms with van der Waals surface area (Å²) in [5.41, 5.74) is 2.53. The Morgan fingerprint density at radius 3 is 2.69 bits per heavy atom. The first-order valence-electron chi connectivity index (χ1n) is 11.9. The summed E-state index contributed by atoms with van der Waals surface area (Å²) in [6.07, 6.45) is 6.65. The molecule has 1 unspecified atom stereocenters. The molecule has 2 N–H and O–H groups in total. The molecule has 1 aliphatic heterocycles. The van der Waals surface area contributed by atoms with Gasteiger partial charge in [-0.25, -0.2) is 0 Å². The summed E-state index contributed by atoms with van der Waals surface area (Å²) < 4.78 is 10.6. The first kappa shape index (κ1) is 25.6. The number of carbonyl (C=O) groups excluding carboxylic acids is 2. The van der Waals surface area contributed by atoms with Crippen molar-refractivity contribution in [1.82, 2.24) is 5.32 Å². The maximum atomic E-state index is 12.9. The van der Waals surface area contributed by atoms with E-state index in [0.29, 0.717) is 17.9 Å². The van der Waals surface area contributed by atoms with Crippen LogP contribution in [-0.4, -0.2) is 44.7 Å². The molecule has 2 amide bonds.